The number of hydrogen-bond acceptors (Lipinski definition) is 3. The van der Waals surface area contributed by atoms with Gasteiger partial charge in [0.25, 0.3) is 0 Å². The lowest BCUT2D eigenvalue weighted by Gasteiger charge is -2.25. The molecule has 1 saturated carbocycles. The molecule has 3 heteroatoms. The van der Waals surface area contributed by atoms with E-state index in [1.165, 1.54) is 19.3 Å². The molecule has 0 aromatic rings. The number of esters is 1. The Kier molecular flexibility index (Phi) is 4.64. The van der Waals surface area contributed by atoms with Gasteiger partial charge in [0.15, 0.2) is 0 Å². The van der Waals surface area contributed by atoms with Gasteiger partial charge < -0.3 is 10.1 Å². The van der Waals surface area contributed by atoms with Gasteiger partial charge in [0.1, 0.15) is 6.10 Å². The molecule has 2 rings (SSSR count). The van der Waals surface area contributed by atoms with E-state index in [9.17, 15) is 4.79 Å². The largest absolute Gasteiger partial charge is 0.462 e. The lowest BCUT2D eigenvalue weighted by Crippen LogP contribution is -2.30. The van der Waals surface area contributed by atoms with Crippen molar-refractivity contribution in [1.82, 2.24) is 5.32 Å². The minimum atomic E-state index is 0.0406. The summed E-state index contributed by atoms with van der Waals surface area (Å²) in [5.41, 5.74) is 0. The fraction of sp³-hybridized carbons (Fsp3) is 0.923. The molecule has 92 valence electrons. The third-order valence-electron chi connectivity index (χ3n) is 3.76. The lowest BCUT2D eigenvalue weighted by atomic mass is 9.94. The standard InChI is InChI=1S/C13H23NO2/c15-13(10-11-6-8-14-9-7-11)16-12-4-2-1-3-5-12/h11-12,14H,1-10H2. The molecular formula is C13H23NO2. The van der Waals surface area contributed by atoms with Gasteiger partial charge >= 0.3 is 5.97 Å². The van der Waals surface area contributed by atoms with Crippen molar-refractivity contribution in [2.45, 2.75) is 57.5 Å². The van der Waals surface area contributed by atoms with Gasteiger partial charge in [-0.1, -0.05) is 6.42 Å². The second-order valence-corrected chi connectivity index (χ2v) is 5.15. The fourth-order valence-corrected chi connectivity index (χ4v) is 2.74. The number of carbonyl (C=O) groups excluding carboxylic acids is 1. The number of ether oxygens (including phenoxy) is 1. The molecule has 0 aromatic carbocycles. The molecule has 0 atom stereocenters. The molecule has 0 bridgehead atoms. The summed E-state index contributed by atoms with van der Waals surface area (Å²) in [4.78, 5) is 11.7. The maximum atomic E-state index is 11.7. The quantitative estimate of drug-likeness (QED) is 0.749. The minimum absolute atomic E-state index is 0.0406. The van der Waals surface area contributed by atoms with Crippen LogP contribution in [0.3, 0.4) is 0 Å². The van der Waals surface area contributed by atoms with Gasteiger partial charge in [-0.2, -0.15) is 0 Å². The Bertz CT molecular complexity index is 196. The van der Waals surface area contributed by atoms with E-state index < -0.39 is 0 Å². The number of piperidine rings is 1. The van der Waals surface area contributed by atoms with Gasteiger partial charge in [0.05, 0.1) is 0 Å². The Hall–Kier alpha value is -0.570. The average molecular weight is 225 g/mol. The Morgan fingerprint density at radius 1 is 1.06 bits per heavy atom. The van der Waals surface area contributed by atoms with Crippen molar-refractivity contribution in [2.75, 3.05) is 13.1 Å². The van der Waals surface area contributed by atoms with E-state index >= 15 is 0 Å². The highest BCUT2D eigenvalue weighted by Gasteiger charge is 2.21. The van der Waals surface area contributed by atoms with Gasteiger partial charge in [-0.15, -0.1) is 0 Å². The Balaban J connectivity index is 1.66. The highest BCUT2D eigenvalue weighted by Crippen LogP contribution is 2.22. The van der Waals surface area contributed by atoms with Crippen molar-refractivity contribution in [3.8, 4) is 0 Å². The normalized spacial score (nSPS) is 24.2. The first-order valence-electron chi connectivity index (χ1n) is 6.75. The number of nitrogens with one attached hydrogen (secondary N) is 1. The first-order chi connectivity index (χ1) is 7.84. The summed E-state index contributed by atoms with van der Waals surface area (Å²) in [5.74, 6) is 0.594. The zero-order valence-electron chi connectivity index (χ0n) is 10.0. The van der Waals surface area contributed by atoms with Gasteiger partial charge in [0.2, 0.25) is 0 Å². The van der Waals surface area contributed by atoms with Gasteiger partial charge in [-0.3, -0.25) is 4.79 Å². The number of hydrogen-bond donors (Lipinski definition) is 1. The molecule has 3 nitrogen and oxygen atoms in total. The molecule has 1 saturated heterocycles. The van der Waals surface area contributed by atoms with Crippen molar-refractivity contribution < 1.29 is 9.53 Å². The first kappa shape index (κ1) is 11.9. The molecular weight excluding hydrogens is 202 g/mol. The van der Waals surface area contributed by atoms with E-state index in [1.54, 1.807) is 0 Å². The van der Waals surface area contributed by atoms with Crippen LogP contribution in [0, 0.1) is 5.92 Å². The minimum Gasteiger partial charge on any atom is -0.462 e. The highest BCUT2D eigenvalue weighted by molar-refractivity contribution is 5.69. The molecule has 16 heavy (non-hydrogen) atoms. The third kappa shape index (κ3) is 3.78. The van der Waals surface area contributed by atoms with Crippen LogP contribution in [0.5, 0.6) is 0 Å². The summed E-state index contributed by atoms with van der Waals surface area (Å²) < 4.78 is 5.53. The van der Waals surface area contributed by atoms with E-state index in [0.29, 0.717) is 12.3 Å². The maximum absolute atomic E-state index is 11.7. The molecule has 1 heterocycles. The highest BCUT2D eigenvalue weighted by atomic mass is 16.5. The van der Waals surface area contributed by atoms with Gasteiger partial charge in [-0.25, -0.2) is 0 Å². The van der Waals surface area contributed by atoms with Crippen LogP contribution >= 0.6 is 0 Å². The van der Waals surface area contributed by atoms with Crippen LogP contribution in [0.25, 0.3) is 0 Å². The summed E-state index contributed by atoms with van der Waals surface area (Å²) in [6, 6.07) is 0. The van der Waals surface area contributed by atoms with E-state index in [0.717, 1.165) is 38.8 Å². The van der Waals surface area contributed by atoms with E-state index in [4.69, 9.17) is 4.74 Å². The topological polar surface area (TPSA) is 38.3 Å². The molecule has 1 N–H and O–H groups in total. The summed E-state index contributed by atoms with van der Waals surface area (Å²) >= 11 is 0. The molecule has 2 fully saturated rings. The van der Waals surface area contributed by atoms with Crippen LogP contribution in [0.2, 0.25) is 0 Å². The van der Waals surface area contributed by atoms with Crippen LogP contribution in [-0.4, -0.2) is 25.2 Å². The SMILES string of the molecule is O=C(CC1CCNCC1)OC1CCCCC1. The van der Waals surface area contributed by atoms with Crippen LogP contribution in [0.15, 0.2) is 0 Å². The van der Waals surface area contributed by atoms with Crippen molar-refractivity contribution in [3.05, 3.63) is 0 Å². The van der Waals surface area contributed by atoms with Crippen LogP contribution in [-0.2, 0) is 9.53 Å². The van der Waals surface area contributed by atoms with Crippen LogP contribution in [0.4, 0.5) is 0 Å². The van der Waals surface area contributed by atoms with Crippen molar-refractivity contribution in [3.63, 3.8) is 0 Å². The molecule has 1 aliphatic heterocycles. The molecule has 0 amide bonds. The molecule has 0 radical (unpaired) electrons. The molecule has 1 aliphatic carbocycles. The van der Waals surface area contributed by atoms with E-state index in [1.807, 2.05) is 0 Å². The smallest absolute Gasteiger partial charge is 0.306 e. The average Bonchev–Trinajstić information content (AvgIpc) is 2.31. The first-order valence-corrected chi connectivity index (χ1v) is 6.75. The Morgan fingerprint density at radius 3 is 2.44 bits per heavy atom. The van der Waals surface area contributed by atoms with Crippen molar-refractivity contribution >= 4 is 5.97 Å². The Morgan fingerprint density at radius 2 is 1.75 bits per heavy atom. The number of rotatable bonds is 3. The zero-order chi connectivity index (χ0) is 11.2. The fourth-order valence-electron chi connectivity index (χ4n) is 2.74. The molecule has 0 aromatic heterocycles. The molecule has 0 unspecified atom stereocenters. The van der Waals surface area contributed by atoms with E-state index in [2.05, 4.69) is 5.32 Å². The van der Waals surface area contributed by atoms with Crippen molar-refractivity contribution in [1.29, 1.82) is 0 Å². The summed E-state index contributed by atoms with van der Waals surface area (Å²) in [6.45, 7) is 2.11. The zero-order valence-corrected chi connectivity index (χ0v) is 10.0. The number of carbonyl (C=O) groups is 1. The van der Waals surface area contributed by atoms with Gasteiger partial charge in [0, 0.05) is 6.42 Å². The van der Waals surface area contributed by atoms with Crippen LogP contribution < -0.4 is 5.32 Å². The summed E-state index contributed by atoms with van der Waals surface area (Å²) in [7, 11) is 0. The second-order valence-electron chi connectivity index (χ2n) is 5.15. The second kappa shape index (κ2) is 6.24. The summed E-state index contributed by atoms with van der Waals surface area (Å²) in [6.07, 6.45) is 9.04. The van der Waals surface area contributed by atoms with Gasteiger partial charge in [-0.05, 0) is 57.5 Å². The molecule has 2 aliphatic rings. The predicted molar refractivity (Wildman–Crippen MR) is 63.2 cm³/mol. The molecule has 0 spiro atoms. The van der Waals surface area contributed by atoms with Crippen molar-refractivity contribution in [2.24, 2.45) is 5.92 Å². The Labute approximate surface area is 97.9 Å². The van der Waals surface area contributed by atoms with E-state index in [-0.39, 0.29) is 12.1 Å². The maximum Gasteiger partial charge on any atom is 0.306 e. The predicted octanol–water partition coefficient (Wildman–Crippen LogP) is 2.25. The lowest BCUT2D eigenvalue weighted by molar-refractivity contribution is -0.151. The third-order valence-corrected chi connectivity index (χ3v) is 3.76. The van der Waals surface area contributed by atoms with Crippen LogP contribution in [0.1, 0.15) is 51.4 Å². The monoisotopic (exact) mass is 225 g/mol. The summed E-state index contributed by atoms with van der Waals surface area (Å²) in [5, 5.41) is 3.32.